The second kappa shape index (κ2) is 6.20. The molecule has 3 heteroatoms. The Labute approximate surface area is 115 Å². The molecular formula is C16H24N2O. The van der Waals surface area contributed by atoms with Gasteiger partial charge in [-0.3, -0.25) is 4.79 Å². The van der Waals surface area contributed by atoms with Crippen LogP contribution in [0.2, 0.25) is 0 Å². The molecular weight excluding hydrogens is 236 g/mol. The average molecular weight is 260 g/mol. The number of carbonyl (C=O) groups is 1. The maximum absolute atomic E-state index is 12.2. The summed E-state index contributed by atoms with van der Waals surface area (Å²) in [4.78, 5) is 12.2. The summed E-state index contributed by atoms with van der Waals surface area (Å²) < 4.78 is 0. The lowest BCUT2D eigenvalue weighted by Gasteiger charge is -2.28. The van der Waals surface area contributed by atoms with Gasteiger partial charge < -0.3 is 10.6 Å². The van der Waals surface area contributed by atoms with Crippen molar-refractivity contribution in [3.05, 3.63) is 34.9 Å². The normalized spacial score (nSPS) is 23.1. The van der Waals surface area contributed by atoms with Crippen molar-refractivity contribution < 1.29 is 4.79 Å². The molecule has 1 aromatic carbocycles. The van der Waals surface area contributed by atoms with Crippen molar-refractivity contribution >= 4 is 5.91 Å². The molecule has 104 valence electrons. The van der Waals surface area contributed by atoms with E-state index in [1.54, 1.807) is 0 Å². The van der Waals surface area contributed by atoms with E-state index >= 15 is 0 Å². The zero-order valence-electron chi connectivity index (χ0n) is 12.1. The lowest BCUT2D eigenvalue weighted by Crippen LogP contribution is -2.41. The van der Waals surface area contributed by atoms with Gasteiger partial charge in [0.1, 0.15) is 0 Å². The lowest BCUT2D eigenvalue weighted by atomic mass is 9.91. The number of aryl methyl sites for hydroxylation is 2. The molecule has 0 heterocycles. The Morgan fingerprint density at radius 3 is 2.05 bits per heavy atom. The second-order valence-electron chi connectivity index (χ2n) is 5.69. The summed E-state index contributed by atoms with van der Waals surface area (Å²) >= 11 is 0. The molecule has 0 atom stereocenters. The molecule has 0 aromatic heterocycles. The largest absolute Gasteiger partial charge is 0.349 e. The van der Waals surface area contributed by atoms with E-state index in [1.165, 1.54) is 0 Å². The molecule has 0 radical (unpaired) electrons. The van der Waals surface area contributed by atoms with Crippen LogP contribution in [-0.4, -0.2) is 25.0 Å². The summed E-state index contributed by atoms with van der Waals surface area (Å²) in [7, 11) is 2.01. The first-order chi connectivity index (χ1) is 9.08. The van der Waals surface area contributed by atoms with Crippen molar-refractivity contribution in [1.29, 1.82) is 0 Å². The van der Waals surface area contributed by atoms with Gasteiger partial charge in [0.25, 0.3) is 5.91 Å². The van der Waals surface area contributed by atoms with Crippen LogP contribution in [0.1, 0.15) is 47.2 Å². The van der Waals surface area contributed by atoms with Gasteiger partial charge in [-0.1, -0.05) is 17.2 Å². The van der Waals surface area contributed by atoms with E-state index in [1.807, 2.05) is 33.0 Å². The van der Waals surface area contributed by atoms with Gasteiger partial charge in [0, 0.05) is 17.6 Å². The van der Waals surface area contributed by atoms with Crippen LogP contribution >= 0.6 is 0 Å². The fourth-order valence-electron chi connectivity index (χ4n) is 2.90. The average Bonchev–Trinajstić information content (AvgIpc) is 2.38. The van der Waals surface area contributed by atoms with Gasteiger partial charge >= 0.3 is 0 Å². The highest BCUT2D eigenvalue weighted by molar-refractivity contribution is 5.94. The Hall–Kier alpha value is -1.35. The molecule has 1 aliphatic rings. The summed E-state index contributed by atoms with van der Waals surface area (Å²) in [5, 5.41) is 6.48. The van der Waals surface area contributed by atoms with Gasteiger partial charge in [0.15, 0.2) is 0 Å². The van der Waals surface area contributed by atoms with Gasteiger partial charge in [-0.05, 0) is 58.7 Å². The Kier molecular flexibility index (Phi) is 4.59. The first-order valence-electron chi connectivity index (χ1n) is 7.15. The van der Waals surface area contributed by atoms with Gasteiger partial charge in [-0.2, -0.15) is 0 Å². The van der Waals surface area contributed by atoms with Gasteiger partial charge in [-0.25, -0.2) is 0 Å². The standard InChI is InChI=1S/C16H24N2O/c1-11-8-12(2)10-13(9-11)16(19)18-15-6-4-14(17-3)5-7-15/h8-10,14-15,17H,4-7H2,1-3H3,(H,18,19). The van der Waals surface area contributed by atoms with E-state index < -0.39 is 0 Å². The van der Waals surface area contributed by atoms with Crippen LogP contribution in [0.15, 0.2) is 18.2 Å². The monoisotopic (exact) mass is 260 g/mol. The number of hydrogen-bond donors (Lipinski definition) is 2. The summed E-state index contributed by atoms with van der Waals surface area (Å²) in [6.45, 7) is 4.06. The van der Waals surface area contributed by atoms with Crippen molar-refractivity contribution in [2.45, 2.75) is 51.6 Å². The molecule has 2 rings (SSSR count). The molecule has 19 heavy (non-hydrogen) atoms. The predicted molar refractivity (Wildman–Crippen MR) is 78.5 cm³/mol. The maximum atomic E-state index is 12.2. The fraction of sp³-hybridized carbons (Fsp3) is 0.562. The number of amides is 1. The Morgan fingerprint density at radius 1 is 1.00 bits per heavy atom. The molecule has 0 bridgehead atoms. The van der Waals surface area contributed by atoms with Crippen LogP contribution < -0.4 is 10.6 Å². The molecule has 1 aliphatic carbocycles. The first kappa shape index (κ1) is 14.1. The first-order valence-corrected chi connectivity index (χ1v) is 7.15. The Balaban J connectivity index is 1.94. The van der Waals surface area contributed by atoms with Crippen LogP contribution in [0.4, 0.5) is 0 Å². The zero-order chi connectivity index (χ0) is 13.8. The summed E-state index contributed by atoms with van der Waals surface area (Å²) in [6.07, 6.45) is 4.44. The van der Waals surface area contributed by atoms with Gasteiger partial charge in [0.05, 0.1) is 0 Å². The van der Waals surface area contributed by atoms with Crippen molar-refractivity contribution in [3.8, 4) is 0 Å². The molecule has 0 saturated heterocycles. The minimum absolute atomic E-state index is 0.0692. The Bertz CT molecular complexity index is 428. The molecule has 0 aliphatic heterocycles. The SMILES string of the molecule is CNC1CCC(NC(=O)c2cc(C)cc(C)c2)CC1. The van der Waals surface area contributed by atoms with Crippen LogP contribution in [0, 0.1) is 13.8 Å². The van der Waals surface area contributed by atoms with Crippen molar-refractivity contribution in [1.82, 2.24) is 10.6 Å². The lowest BCUT2D eigenvalue weighted by molar-refractivity contribution is 0.0924. The molecule has 0 spiro atoms. The molecule has 1 fully saturated rings. The van der Waals surface area contributed by atoms with Crippen molar-refractivity contribution in [3.63, 3.8) is 0 Å². The highest BCUT2D eigenvalue weighted by atomic mass is 16.1. The zero-order valence-corrected chi connectivity index (χ0v) is 12.1. The summed E-state index contributed by atoms with van der Waals surface area (Å²) in [5.74, 6) is 0.0692. The van der Waals surface area contributed by atoms with Gasteiger partial charge in [-0.15, -0.1) is 0 Å². The quantitative estimate of drug-likeness (QED) is 0.877. The topological polar surface area (TPSA) is 41.1 Å². The molecule has 1 aromatic rings. The number of hydrogen-bond acceptors (Lipinski definition) is 2. The van der Waals surface area contributed by atoms with Crippen molar-refractivity contribution in [2.75, 3.05) is 7.05 Å². The summed E-state index contributed by atoms with van der Waals surface area (Å²) in [6, 6.07) is 6.96. The van der Waals surface area contributed by atoms with E-state index in [9.17, 15) is 4.79 Å². The fourth-order valence-corrected chi connectivity index (χ4v) is 2.90. The predicted octanol–water partition coefficient (Wildman–Crippen LogP) is 2.56. The van der Waals surface area contributed by atoms with Crippen LogP contribution in [-0.2, 0) is 0 Å². The molecule has 0 unspecified atom stereocenters. The molecule has 1 saturated carbocycles. The van der Waals surface area contributed by atoms with Crippen LogP contribution in [0.25, 0.3) is 0 Å². The second-order valence-corrected chi connectivity index (χ2v) is 5.69. The summed E-state index contributed by atoms with van der Waals surface area (Å²) in [5.41, 5.74) is 3.07. The third kappa shape index (κ3) is 3.80. The number of rotatable bonds is 3. The minimum atomic E-state index is 0.0692. The third-order valence-corrected chi connectivity index (χ3v) is 3.95. The maximum Gasteiger partial charge on any atom is 0.251 e. The van der Waals surface area contributed by atoms with E-state index in [4.69, 9.17) is 0 Å². The number of nitrogens with one attached hydrogen (secondary N) is 2. The van der Waals surface area contributed by atoms with Crippen LogP contribution in [0.5, 0.6) is 0 Å². The molecule has 1 amide bonds. The van der Waals surface area contributed by atoms with E-state index in [-0.39, 0.29) is 5.91 Å². The Morgan fingerprint density at radius 2 is 1.53 bits per heavy atom. The van der Waals surface area contributed by atoms with E-state index in [0.717, 1.165) is 42.4 Å². The van der Waals surface area contributed by atoms with Crippen molar-refractivity contribution in [2.24, 2.45) is 0 Å². The highest BCUT2D eigenvalue weighted by Gasteiger charge is 2.21. The molecule has 2 N–H and O–H groups in total. The van der Waals surface area contributed by atoms with E-state index in [2.05, 4.69) is 16.7 Å². The van der Waals surface area contributed by atoms with Crippen LogP contribution in [0.3, 0.4) is 0 Å². The number of benzene rings is 1. The minimum Gasteiger partial charge on any atom is -0.349 e. The smallest absolute Gasteiger partial charge is 0.251 e. The highest BCUT2D eigenvalue weighted by Crippen LogP contribution is 2.19. The third-order valence-electron chi connectivity index (χ3n) is 3.95. The van der Waals surface area contributed by atoms with Gasteiger partial charge in [0.2, 0.25) is 0 Å². The number of carbonyl (C=O) groups excluding carboxylic acids is 1. The van der Waals surface area contributed by atoms with E-state index in [0.29, 0.717) is 12.1 Å². The molecule has 3 nitrogen and oxygen atoms in total.